The third kappa shape index (κ3) is 1.83. The molecule has 0 amide bonds. The molecule has 0 atom stereocenters. The van der Waals surface area contributed by atoms with Crippen molar-refractivity contribution in [2.45, 2.75) is 31.9 Å². The van der Waals surface area contributed by atoms with Crippen LogP contribution in [0.4, 0.5) is 0 Å². The van der Waals surface area contributed by atoms with Gasteiger partial charge in [0.1, 0.15) is 11.9 Å². The van der Waals surface area contributed by atoms with Gasteiger partial charge in [-0.2, -0.15) is 0 Å². The van der Waals surface area contributed by atoms with Crippen LogP contribution >= 0.6 is 0 Å². The Kier molecular flexibility index (Phi) is 2.23. The highest BCUT2D eigenvalue weighted by atomic mass is 16.5. The summed E-state index contributed by atoms with van der Waals surface area (Å²) in [5, 5.41) is 0. The maximum Gasteiger partial charge on any atom is 0.122 e. The van der Waals surface area contributed by atoms with Crippen molar-refractivity contribution < 1.29 is 4.74 Å². The molecule has 1 aliphatic rings. The first-order valence-electron chi connectivity index (χ1n) is 4.73. The molecule has 0 bridgehead atoms. The number of rotatable bonds is 2. The SMILES string of the molecule is Cc1ccccc1OC1CC(N)C1. The molecule has 2 nitrogen and oxygen atoms in total. The van der Waals surface area contributed by atoms with Crippen LogP contribution in [0, 0.1) is 6.92 Å². The van der Waals surface area contributed by atoms with Crippen LogP contribution in [0.25, 0.3) is 0 Å². The summed E-state index contributed by atoms with van der Waals surface area (Å²) in [4.78, 5) is 0. The molecule has 70 valence electrons. The van der Waals surface area contributed by atoms with Gasteiger partial charge in [-0.05, 0) is 31.4 Å². The normalized spacial score (nSPS) is 26.6. The Hall–Kier alpha value is -1.02. The Labute approximate surface area is 78.7 Å². The van der Waals surface area contributed by atoms with Gasteiger partial charge in [0.15, 0.2) is 0 Å². The lowest BCUT2D eigenvalue weighted by Gasteiger charge is -2.33. The number of hydrogen-bond acceptors (Lipinski definition) is 2. The van der Waals surface area contributed by atoms with E-state index in [4.69, 9.17) is 10.5 Å². The number of para-hydroxylation sites is 1. The number of ether oxygens (including phenoxy) is 1. The first kappa shape index (κ1) is 8.57. The predicted molar refractivity (Wildman–Crippen MR) is 52.8 cm³/mol. The van der Waals surface area contributed by atoms with E-state index in [-0.39, 0.29) is 0 Å². The lowest BCUT2D eigenvalue weighted by atomic mass is 9.90. The van der Waals surface area contributed by atoms with Gasteiger partial charge < -0.3 is 10.5 Å². The summed E-state index contributed by atoms with van der Waals surface area (Å²) in [6.07, 6.45) is 2.33. The number of aryl methyl sites for hydroxylation is 1. The summed E-state index contributed by atoms with van der Waals surface area (Å²) in [7, 11) is 0. The van der Waals surface area contributed by atoms with E-state index in [9.17, 15) is 0 Å². The highest BCUT2D eigenvalue weighted by Crippen LogP contribution is 2.26. The molecule has 2 heteroatoms. The molecule has 2 rings (SSSR count). The number of nitrogens with two attached hydrogens (primary N) is 1. The van der Waals surface area contributed by atoms with E-state index in [0.717, 1.165) is 18.6 Å². The van der Waals surface area contributed by atoms with Gasteiger partial charge >= 0.3 is 0 Å². The molecular weight excluding hydrogens is 162 g/mol. The van der Waals surface area contributed by atoms with Crippen molar-refractivity contribution in [1.82, 2.24) is 0 Å². The Morgan fingerprint density at radius 3 is 2.62 bits per heavy atom. The third-order valence-electron chi connectivity index (χ3n) is 2.52. The molecule has 1 aliphatic carbocycles. The smallest absolute Gasteiger partial charge is 0.122 e. The quantitative estimate of drug-likeness (QED) is 0.748. The highest BCUT2D eigenvalue weighted by molar-refractivity contribution is 5.32. The first-order valence-corrected chi connectivity index (χ1v) is 4.73. The molecule has 1 saturated carbocycles. The summed E-state index contributed by atoms with van der Waals surface area (Å²) in [5.74, 6) is 0.999. The molecule has 0 aliphatic heterocycles. The minimum absolute atomic E-state index is 0.344. The van der Waals surface area contributed by atoms with Crippen molar-refractivity contribution >= 4 is 0 Å². The maximum atomic E-state index is 5.77. The van der Waals surface area contributed by atoms with Crippen molar-refractivity contribution in [3.8, 4) is 5.75 Å². The molecule has 13 heavy (non-hydrogen) atoms. The second kappa shape index (κ2) is 3.38. The molecule has 0 spiro atoms. The molecule has 0 aromatic heterocycles. The number of benzene rings is 1. The topological polar surface area (TPSA) is 35.2 Å². The lowest BCUT2D eigenvalue weighted by molar-refractivity contribution is 0.100. The van der Waals surface area contributed by atoms with Crippen LogP contribution in [0.15, 0.2) is 24.3 Å². The molecule has 0 radical (unpaired) electrons. The van der Waals surface area contributed by atoms with E-state index < -0.39 is 0 Å². The standard InChI is InChI=1S/C11H15NO/c1-8-4-2-3-5-11(8)13-10-6-9(12)7-10/h2-5,9-10H,6-7,12H2,1H3. The van der Waals surface area contributed by atoms with Crippen LogP contribution in [0.5, 0.6) is 5.75 Å². The summed E-state index contributed by atoms with van der Waals surface area (Å²) >= 11 is 0. The molecule has 1 aromatic rings. The minimum Gasteiger partial charge on any atom is -0.490 e. The summed E-state index contributed by atoms with van der Waals surface area (Å²) in [6, 6.07) is 8.46. The Morgan fingerprint density at radius 2 is 2.00 bits per heavy atom. The van der Waals surface area contributed by atoms with Crippen molar-refractivity contribution in [3.05, 3.63) is 29.8 Å². The second-order valence-corrected chi connectivity index (χ2v) is 3.74. The van der Waals surface area contributed by atoms with Crippen molar-refractivity contribution in [3.63, 3.8) is 0 Å². The van der Waals surface area contributed by atoms with Gasteiger partial charge in [0.2, 0.25) is 0 Å². The van der Waals surface area contributed by atoms with Crippen molar-refractivity contribution in [2.75, 3.05) is 0 Å². The molecule has 2 N–H and O–H groups in total. The zero-order chi connectivity index (χ0) is 9.26. The Morgan fingerprint density at radius 1 is 1.31 bits per heavy atom. The highest BCUT2D eigenvalue weighted by Gasteiger charge is 2.27. The van der Waals surface area contributed by atoms with Gasteiger partial charge in [0.05, 0.1) is 0 Å². The monoisotopic (exact) mass is 177 g/mol. The Bertz CT molecular complexity index is 292. The number of hydrogen-bond donors (Lipinski definition) is 1. The van der Waals surface area contributed by atoms with Gasteiger partial charge in [0, 0.05) is 6.04 Å². The van der Waals surface area contributed by atoms with Crippen LogP contribution in [0.1, 0.15) is 18.4 Å². The predicted octanol–water partition coefficient (Wildman–Crippen LogP) is 1.86. The van der Waals surface area contributed by atoms with E-state index >= 15 is 0 Å². The molecule has 1 fully saturated rings. The largest absolute Gasteiger partial charge is 0.490 e. The molecule has 1 aromatic carbocycles. The van der Waals surface area contributed by atoms with E-state index in [1.165, 1.54) is 5.56 Å². The van der Waals surface area contributed by atoms with Crippen LogP contribution in [0.2, 0.25) is 0 Å². The first-order chi connectivity index (χ1) is 6.25. The van der Waals surface area contributed by atoms with E-state index in [1.807, 2.05) is 18.2 Å². The molecular formula is C11H15NO. The second-order valence-electron chi connectivity index (χ2n) is 3.74. The fraction of sp³-hybridized carbons (Fsp3) is 0.455. The van der Waals surface area contributed by atoms with E-state index in [1.54, 1.807) is 0 Å². The van der Waals surface area contributed by atoms with Crippen molar-refractivity contribution in [2.24, 2.45) is 5.73 Å². The lowest BCUT2D eigenvalue weighted by Crippen LogP contribution is -2.43. The molecule has 0 unspecified atom stereocenters. The fourth-order valence-electron chi connectivity index (χ4n) is 1.57. The molecule has 0 heterocycles. The van der Waals surface area contributed by atoms with Gasteiger partial charge in [-0.1, -0.05) is 18.2 Å². The fourth-order valence-corrected chi connectivity index (χ4v) is 1.57. The van der Waals surface area contributed by atoms with Crippen molar-refractivity contribution in [1.29, 1.82) is 0 Å². The van der Waals surface area contributed by atoms with Gasteiger partial charge in [-0.15, -0.1) is 0 Å². The zero-order valence-corrected chi connectivity index (χ0v) is 7.86. The zero-order valence-electron chi connectivity index (χ0n) is 7.86. The van der Waals surface area contributed by atoms with E-state index in [2.05, 4.69) is 13.0 Å². The van der Waals surface area contributed by atoms with E-state index in [0.29, 0.717) is 12.1 Å². The minimum atomic E-state index is 0.344. The summed E-state index contributed by atoms with van der Waals surface area (Å²) in [5.41, 5.74) is 6.88. The summed E-state index contributed by atoms with van der Waals surface area (Å²) in [6.45, 7) is 2.06. The van der Waals surface area contributed by atoms with Gasteiger partial charge in [-0.3, -0.25) is 0 Å². The average Bonchev–Trinajstić information content (AvgIpc) is 2.06. The maximum absolute atomic E-state index is 5.77. The Balaban J connectivity index is 1.98. The van der Waals surface area contributed by atoms with Gasteiger partial charge in [-0.25, -0.2) is 0 Å². The van der Waals surface area contributed by atoms with Crippen LogP contribution in [-0.4, -0.2) is 12.1 Å². The average molecular weight is 177 g/mol. The summed E-state index contributed by atoms with van der Waals surface area (Å²) < 4.78 is 5.77. The third-order valence-corrected chi connectivity index (χ3v) is 2.52. The van der Waals surface area contributed by atoms with Crippen LogP contribution < -0.4 is 10.5 Å². The van der Waals surface area contributed by atoms with Crippen LogP contribution in [-0.2, 0) is 0 Å². The van der Waals surface area contributed by atoms with Crippen LogP contribution in [0.3, 0.4) is 0 Å². The molecule has 0 saturated heterocycles. The van der Waals surface area contributed by atoms with Gasteiger partial charge in [0.25, 0.3) is 0 Å².